The van der Waals surface area contributed by atoms with Crippen LogP contribution in [0.2, 0.25) is 0 Å². The van der Waals surface area contributed by atoms with Crippen molar-refractivity contribution in [3.63, 3.8) is 0 Å². The van der Waals surface area contributed by atoms with Gasteiger partial charge >= 0.3 is 5.97 Å². The third-order valence-corrected chi connectivity index (χ3v) is 4.86. The molecule has 6 nitrogen and oxygen atoms in total. The van der Waals surface area contributed by atoms with Crippen molar-refractivity contribution in [2.24, 2.45) is 7.05 Å². The quantitative estimate of drug-likeness (QED) is 0.802. The molecular formula is C18H25N3O3. The Balaban J connectivity index is 1.91. The number of methoxy groups -OCH3 is 1. The number of nitrogens with zero attached hydrogens (tertiary/aromatic N) is 2. The third kappa shape index (κ3) is 3.17. The molecule has 1 aromatic carbocycles. The van der Waals surface area contributed by atoms with Crippen molar-refractivity contribution in [1.82, 2.24) is 14.8 Å². The van der Waals surface area contributed by atoms with Crippen LogP contribution >= 0.6 is 0 Å². The van der Waals surface area contributed by atoms with Gasteiger partial charge < -0.3 is 19.7 Å². The highest BCUT2D eigenvalue weighted by Gasteiger charge is 2.23. The average Bonchev–Trinajstić information content (AvgIpc) is 3.09. The van der Waals surface area contributed by atoms with Crippen molar-refractivity contribution < 1.29 is 14.6 Å². The van der Waals surface area contributed by atoms with Crippen LogP contribution < -0.4 is 5.32 Å². The molecule has 0 radical (unpaired) electrons. The van der Waals surface area contributed by atoms with Gasteiger partial charge in [0.1, 0.15) is 6.04 Å². The number of hydrogen-bond donors (Lipinski definition) is 2. The minimum Gasteiger partial charge on any atom is -0.480 e. The number of fused-ring (bicyclic) bond motifs is 2. The van der Waals surface area contributed by atoms with E-state index in [1.54, 1.807) is 14.2 Å². The van der Waals surface area contributed by atoms with E-state index >= 15 is 0 Å². The Hall–Kier alpha value is -1.89. The second-order valence-electron chi connectivity index (χ2n) is 6.49. The average molecular weight is 331 g/mol. The van der Waals surface area contributed by atoms with Crippen molar-refractivity contribution in [2.75, 3.05) is 27.3 Å². The number of likely N-dealkylation sites (N-methyl/N-ethyl adjacent to an activating group) is 1. The molecule has 2 N–H and O–H groups in total. The Labute approximate surface area is 142 Å². The number of carboxylic acid groups (broad SMARTS) is 1. The molecule has 1 aliphatic rings. The van der Waals surface area contributed by atoms with Gasteiger partial charge in [-0.2, -0.15) is 0 Å². The highest BCUT2D eigenvalue weighted by Crippen LogP contribution is 2.30. The van der Waals surface area contributed by atoms with Crippen LogP contribution in [-0.2, 0) is 36.1 Å². The Morgan fingerprint density at radius 1 is 1.38 bits per heavy atom. The van der Waals surface area contributed by atoms with Crippen LogP contribution in [0.25, 0.3) is 10.9 Å². The summed E-state index contributed by atoms with van der Waals surface area (Å²) in [6.07, 6.45) is 2.53. The molecule has 0 saturated carbocycles. The maximum absolute atomic E-state index is 11.3. The molecule has 6 heteroatoms. The van der Waals surface area contributed by atoms with Gasteiger partial charge in [-0.1, -0.05) is 0 Å². The van der Waals surface area contributed by atoms with E-state index in [1.165, 1.54) is 11.1 Å². The largest absolute Gasteiger partial charge is 0.480 e. The van der Waals surface area contributed by atoms with E-state index in [2.05, 4.69) is 33.1 Å². The van der Waals surface area contributed by atoms with Crippen LogP contribution in [0.4, 0.5) is 0 Å². The summed E-state index contributed by atoms with van der Waals surface area (Å²) >= 11 is 0. The number of aryl methyl sites for hydroxylation is 1. The Kier molecular flexibility index (Phi) is 4.89. The fourth-order valence-electron chi connectivity index (χ4n) is 3.50. The standard InChI is InChI=1S/C18H25N3O3/c1-19-16(18(22)23)7-14-9-20(2)17-8-13-11-21(4-5-24-3)10-12(13)6-15(14)17/h6,8-9,16,19H,4-5,7,10-11H2,1-3H3,(H,22,23). The number of aromatic nitrogens is 1. The fourth-order valence-corrected chi connectivity index (χ4v) is 3.50. The SMILES string of the molecule is CNC(Cc1cn(C)c2cc3c(cc12)CN(CCOC)C3)C(=O)O. The fraction of sp³-hybridized carbons (Fsp3) is 0.500. The molecule has 24 heavy (non-hydrogen) atoms. The van der Waals surface area contributed by atoms with E-state index in [9.17, 15) is 9.90 Å². The second-order valence-corrected chi connectivity index (χ2v) is 6.49. The van der Waals surface area contributed by atoms with Crippen molar-refractivity contribution in [3.05, 3.63) is 35.0 Å². The van der Waals surface area contributed by atoms with Gasteiger partial charge in [0.05, 0.1) is 6.61 Å². The molecule has 2 aromatic rings. The third-order valence-electron chi connectivity index (χ3n) is 4.86. The number of nitrogens with one attached hydrogen (secondary N) is 1. The molecule has 2 heterocycles. The molecule has 0 amide bonds. The van der Waals surface area contributed by atoms with Gasteiger partial charge in [0.15, 0.2) is 0 Å². The Bertz CT molecular complexity index is 754. The highest BCUT2D eigenvalue weighted by atomic mass is 16.5. The van der Waals surface area contributed by atoms with E-state index in [1.807, 2.05) is 7.05 Å². The van der Waals surface area contributed by atoms with Crippen molar-refractivity contribution in [2.45, 2.75) is 25.6 Å². The number of ether oxygens (including phenoxy) is 1. The van der Waals surface area contributed by atoms with Crippen LogP contribution in [0.5, 0.6) is 0 Å². The monoisotopic (exact) mass is 331 g/mol. The van der Waals surface area contributed by atoms with E-state index in [0.717, 1.165) is 42.7 Å². The zero-order valence-corrected chi connectivity index (χ0v) is 14.5. The first kappa shape index (κ1) is 17.0. The zero-order chi connectivity index (χ0) is 17.3. The van der Waals surface area contributed by atoms with E-state index < -0.39 is 12.0 Å². The Morgan fingerprint density at radius 3 is 2.71 bits per heavy atom. The van der Waals surface area contributed by atoms with E-state index in [4.69, 9.17) is 4.74 Å². The van der Waals surface area contributed by atoms with Gasteiger partial charge in [-0.25, -0.2) is 0 Å². The van der Waals surface area contributed by atoms with Crippen LogP contribution in [0.3, 0.4) is 0 Å². The second kappa shape index (κ2) is 6.93. The molecule has 130 valence electrons. The molecule has 0 saturated heterocycles. The number of hydrogen-bond acceptors (Lipinski definition) is 4. The summed E-state index contributed by atoms with van der Waals surface area (Å²) < 4.78 is 7.27. The van der Waals surface area contributed by atoms with Crippen molar-refractivity contribution >= 4 is 16.9 Å². The molecule has 0 spiro atoms. The minimum absolute atomic E-state index is 0.481. The van der Waals surface area contributed by atoms with Crippen LogP contribution in [0.15, 0.2) is 18.3 Å². The summed E-state index contributed by atoms with van der Waals surface area (Å²) in [6, 6.07) is 3.92. The number of rotatable bonds is 7. The minimum atomic E-state index is -0.818. The van der Waals surface area contributed by atoms with Gasteiger partial charge in [-0.05, 0) is 35.9 Å². The molecule has 1 unspecified atom stereocenters. The van der Waals surface area contributed by atoms with Crippen molar-refractivity contribution in [3.8, 4) is 0 Å². The lowest BCUT2D eigenvalue weighted by Gasteiger charge is -2.13. The maximum Gasteiger partial charge on any atom is 0.321 e. The smallest absolute Gasteiger partial charge is 0.321 e. The molecule has 0 aliphatic carbocycles. The molecular weight excluding hydrogens is 306 g/mol. The molecule has 1 atom stereocenters. The van der Waals surface area contributed by atoms with E-state index in [0.29, 0.717) is 6.42 Å². The predicted molar refractivity (Wildman–Crippen MR) is 93.1 cm³/mol. The lowest BCUT2D eigenvalue weighted by Crippen LogP contribution is -2.35. The zero-order valence-electron chi connectivity index (χ0n) is 14.5. The number of benzene rings is 1. The van der Waals surface area contributed by atoms with Crippen LogP contribution in [0, 0.1) is 0 Å². The topological polar surface area (TPSA) is 66.7 Å². The van der Waals surface area contributed by atoms with Gasteiger partial charge in [-0.3, -0.25) is 9.69 Å². The van der Waals surface area contributed by atoms with E-state index in [-0.39, 0.29) is 0 Å². The van der Waals surface area contributed by atoms with Crippen molar-refractivity contribution in [1.29, 1.82) is 0 Å². The number of carbonyl (C=O) groups is 1. The Morgan fingerprint density at radius 2 is 2.08 bits per heavy atom. The molecule has 0 bridgehead atoms. The van der Waals surface area contributed by atoms with Gasteiger partial charge in [0.25, 0.3) is 0 Å². The molecule has 3 rings (SSSR count). The predicted octanol–water partition coefficient (Wildman–Crippen LogP) is 1.36. The van der Waals surface area contributed by atoms with Gasteiger partial charge in [0, 0.05) is 57.3 Å². The van der Waals surface area contributed by atoms with Gasteiger partial charge in [0.2, 0.25) is 0 Å². The summed E-state index contributed by atoms with van der Waals surface area (Å²) in [4.78, 5) is 13.7. The van der Waals surface area contributed by atoms with Crippen LogP contribution in [0.1, 0.15) is 16.7 Å². The number of aliphatic carboxylic acids is 1. The van der Waals surface area contributed by atoms with Gasteiger partial charge in [-0.15, -0.1) is 0 Å². The maximum atomic E-state index is 11.3. The summed E-state index contributed by atoms with van der Waals surface area (Å²) in [5, 5.41) is 13.3. The molecule has 1 aromatic heterocycles. The first-order valence-electron chi connectivity index (χ1n) is 8.24. The molecule has 0 fully saturated rings. The first-order valence-corrected chi connectivity index (χ1v) is 8.24. The summed E-state index contributed by atoms with van der Waals surface area (Å²) in [6.45, 7) is 3.54. The normalized spacial score (nSPS) is 15.8. The summed E-state index contributed by atoms with van der Waals surface area (Å²) in [5.41, 5.74) is 4.93. The summed E-state index contributed by atoms with van der Waals surface area (Å²) in [7, 11) is 5.44. The lowest BCUT2D eigenvalue weighted by atomic mass is 10.0. The van der Waals surface area contributed by atoms with Crippen LogP contribution in [-0.4, -0.2) is 53.9 Å². The first-order chi connectivity index (χ1) is 11.5. The summed E-state index contributed by atoms with van der Waals surface area (Å²) in [5.74, 6) is -0.818. The molecule has 1 aliphatic heterocycles. The highest BCUT2D eigenvalue weighted by molar-refractivity contribution is 5.86. The lowest BCUT2D eigenvalue weighted by molar-refractivity contribution is -0.139. The number of carboxylic acids is 1.